The Hall–Kier alpha value is -1.91. The zero-order chi connectivity index (χ0) is 26.1. The molecule has 0 aliphatic heterocycles. The average Bonchev–Trinajstić information content (AvgIpc) is 2.88. The van der Waals surface area contributed by atoms with Crippen molar-refractivity contribution in [1.82, 2.24) is 0 Å². The third kappa shape index (κ3) is 16.0. The zero-order valence-electron chi connectivity index (χ0n) is 23.7. The molecule has 0 bridgehead atoms. The Labute approximate surface area is 222 Å². The molecule has 5 nitrogen and oxygen atoms in total. The molecule has 0 aliphatic rings. The molecular formula is C31H55NO4. The van der Waals surface area contributed by atoms with Crippen molar-refractivity contribution in [2.45, 2.75) is 136 Å². The van der Waals surface area contributed by atoms with Crippen molar-refractivity contribution < 1.29 is 19.0 Å². The quantitative estimate of drug-likeness (QED) is 0.101. The molecule has 0 saturated carbocycles. The van der Waals surface area contributed by atoms with E-state index < -0.39 is 0 Å². The second kappa shape index (κ2) is 23.5. The third-order valence-electron chi connectivity index (χ3n) is 6.50. The molecular weight excluding hydrogens is 450 g/mol. The van der Waals surface area contributed by atoms with Crippen molar-refractivity contribution in [2.75, 3.05) is 25.1 Å². The molecule has 0 spiro atoms. The van der Waals surface area contributed by atoms with Crippen LogP contribution in [-0.4, -0.2) is 26.2 Å². The molecule has 36 heavy (non-hydrogen) atoms. The van der Waals surface area contributed by atoms with Gasteiger partial charge in [0.25, 0.3) is 0 Å². The monoisotopic (exact) mass is 505 g/mol. The van der Waals surface area contributed by atoms with Gasteiger partial charge < -0.3 is 19.5 Å². The van der Waals surface area contributed by atoms with Crippen molar-refractivity contribution in [3.8, 4) is 17.2 Å². The minimum absolute atomic E-state index is 0.640. The van der Waals surface area contributed by atoms with Gasteiger partial charge in [-0.1, -0.05) is 117 Å². The highest BCUT2D eigenvalue weighted by atomic mass is 16.5. The first-order valence-corrected chi connectivity index (χ1v) is 15.0. The van der Waals surface area contributed by atoms with Crippen LogP contribution in [-0.2, 0) is 4.79 Å². The van der Waals surface area contributed by atoms with Gasteiger partial charge in [-0.15, -0.1) is 0 Å². The van der Waals surface area contributed by atoms with Crippen LogP contribution in [0.5, 0.6) is 17.2 Å². The summed E-state index contributed by atoms with van der Waals surface area (Å²) >= 11 is 0. The Kier molecular flexibility index (Phi) is 21.0. The van der Waals surface area contributed by atoms with Gasteiger partial charge in [-0.05, 0) is 19.3 Å². The molecule has 1 aromatic rings. The summed E-state index contributed by atoms with van der Waals surface area (Å²) in [5.74, 6) is 2.01. The molecule has 1 N–H and O–H groups in total. The summed E-state index contributed by atoms with van der Waals surface area (Å²) in [5.41, 5.74) is 0.674. The van der Waals surface area contributed by atoms with Crippen molar-refractivity contribution in [3.05, 3.63) is 12.1 Å². The predicted molar refractivity (Wildman–Crippen MR) is 153 cm³/mol. The van der Waals surface area contributed by atoms with Gasteiger partial charge in [0.1, 0.15) is 0 Å². The molecule has 0 saturated heterocycles. The topological polar surface area (TPSA) is 56.8 Å². The first-order chi connectivity index (χ1) is 17.8. The molecule has 1 amide bonds. The van der Waals surface area contributed by atoms with Crippen molar-refractivity contribution in [2.24, 2.45) is 0 Å². The Morgan fingerprint density at radius 2 is 0.917 bits per heavy atom. The van der Waals surface area contributed by atoms with E-state index in [4.69, 9.17) is 14.2 Å². The van der Waals surface area contributed by atoms with Crippen LogP contribution < -0.4 is 19.5 Å². The maximum atomic E-state index is 11.1. The van der Waals surface area contributed by atoms with Gasteiger partial charge in [-0.2, -0.15) is 0 Å². The summed E-state index contributed by atoms with van der Waals surface area (Å²) in [6, 6.07) is 3.72. The highest BCUT2D eigenvalue weighted by Crippen LogP contribution is 2.41. The summed E-state index contributed by atoms with van der Waals surface area (Å²) in [7, 11) is 0. The summed E-state index contributed by atoms with van der Waals surface area (Å²) < 4.78 is 18.6. The van der Waals surface area contributed by atoms with Crippen molar-refractivity contribution in [3.63, 3.8) is 0 Å². The fourth-order valence-electron chi connectivity index (χ4n) is 4.27. The number of hydrogen-bond acceptors (Lipinski definition) is 4. The Morgan fingerprint density at radius 3 is 1.31 bits per heavy atom. The fraction of sp³-hybridized carbons (Fsp3) is 0.774. The highest BCUT2D eigenvalue weighted by Gasteiger charge is 2.16. The van der Waals surface area contributed by atoms with Crippen LogP contribution in [0.1, 0.15) is 136 Å². The van der Waals surface area contributed by atoms with Crippen LogP contribution in [0.2, 0.25) is 0 Å². The predicted octanol–water partition coefficient (Wildman–Crippen LogP) is 9.47. The fourth-order valence-corrected chi connectivity index (χ4v) is 4.27. The van der Waals surface area contributed by atoms with Gasteiger partial charge in [0.2, 0.25) is 12.2 Å². The van der Waals surface area contributed by atoms with Gasteiger partial charge in [0, 0.05) is 17.8 Å². The van der Waals surface area contributed by atoms with Crippen molar-refractivity contribution >= 4 is 12.1 Å². The minimum atomic E-state index is 0.640. The van der Waals surface area contributed by atoms with E-state index in [0.29, 0.717) is 49.2 Å². The summed E-state index contributed by atoms with van der Waals surface area (Å²) in [6.07, 6.45) is 22.6. The molecule has 0 atom stereocenters. The number of ether oxygens (including phenoxy) is 3. The van der Waals surface area contributed by atoms with E-state index in [0.717, 1.165) is 19.3 Å². The van der Waals surface area contributed by atoms with Gasteiger partial charge in [0.05, 0.1) is 19.8 Å². The van der Waals surface area contributed by atoms with Gasteiger partial charge >= 0.3 is 0 Å². The summed E-state index contributed by atoms with van der Waals surface area (Å²) in [5, 5.41) is 2.76. The van der Waals surface area contributed by atoms with Gasteiger partial charge in [-0.25, -0.2) is 0 Å². The maximum absolute atomic E-state index is 11.1. The number of carbonyl (C=O) groups is 1. The van der Waals surface area contributed by atoms with Crippen LogP contribution in [0.4, 0.5) is 5.69 Å². The number of nitrogens with one attached hydrogen (secondary N) is 1. The first kappa shape index (κ1) is 32.1. The number of amides is 1. The number of rotatable bonds is 26. The van der Waals surface area contributed by atoms with E-state index in [1.807, 2.05) is 12.1 Å². The van der Waals surface area contributed by atoms with Gasteiger partial charge in [-0.3, -0.25) is 4.79 Å². The average molecular weight is 506 g/mol. The van der Waals surface area contributed by atoms with E-state index >= 15 is 0 Å². The molecule has 0 radical (unpaired) electrons. The lowest BCUT2D eigenvalue weighted by Gasteiger charge is -2.19. The standard InChI is InChI=1S/C31H55NO4/c1-4-7-10-13-16-19-22-34-29-25-28(32-27-33)26-30(35-23-20-17-14-11-8-5-2)31(29)36-24-21-18-15-12-9-6-3/h25-27H,4-24H2,1-3H3,(H,32,33). The zero-order valence-corrected chi connectivity index (χ0v) is 23.7. The molecule has 0 fully saturated rings. The number of unbranched alkanes of at least 4 members (excludes halogenated alkanes) is 15. The Bertz CT molecular complexity index is 610. The maximum Gasteiger partial charge on any atom is 0.211 e. The smallest absolute Gasteiger partial charge is 0.211 e. The number of hydrogen-bond donors (Lipinski definition) is 1. The van der Waals surface area contributed by atoms with Crippen molar-refractivity contribution in [1.29, 1.82) is 0 Å². The van der Waals surface area contributed by atoms with Crippen LogP contribution in [0, 0.1) is 0 Å². The second-order valence-electron chi connectivity index (χ2n) is 9.91. The Morgan fingerprint density at radius 1 is 0.556 bits per heavy atom. The van der Waals surface area contributed by atoms with Gasteiger partial charge in [0.15, 0.2) is 11.5 Å². The van der Waals surface area contributed by atoms with Crippen LogP contribution in [0.3, 0.4) is 0 Å². The van der Waals surface area contributed by atoms with E-state index in [-0.39, 0.29) is 0 Å². The number of carbonyl (C=O) groups excluding carboxylic acids is 1. The van der Waals surface area contributed by atoms with Crippen LogP contribution in [0.25, 0.3) is 0 Å². The SMILES string of the molecule is CCCCCCCCOc1cc(NC=O)cc(OCCCCCCCC)c1OCCCCCCCC. The third-order valence-corrected chi connectivity index (χ3v) is 6.50. The second-order valence-corrected chi connectivity index (χ2v) is 9.91. The molecule has 1 rings (SSSR count). The van der Waals surface area contributed by atoms with Crippen LogP contribution in [0.15, 0.2) is 12.1 Å². The molecule has 5 heteroatoms. The van der Waals surface area contributed by atoms with Crippen LogP contribution >= 0.6 is 0 Å². The highest BCUT2D eigenvalue weighted by molar-refractivity contribution is 5.75. The Balaban J connectivity index is 2.76. The molecule has 1 aromatic carbocycles. The van der Waals surface area contributed by atoms with E-state index in [1.54, 1.807) is 0 Å². The lowest BCUT2D eigenvalue weighted by Crippen LogP contribution is -2.07. The first-order valence-electron chi connectivity index (χ1n) is 15.0. The summed E-state index contributed by atoms with van der Waals surface area (Å²) in [6.45, 7) is 8.64. The largest absolute Gasteiger partial charge is 0.489 e. The lowest BCUT2D eigenvalue weighted by molar-refractivity contribution is -0.105. The lowest BCUT2D eigenvalue weighted by atomic mass is 10.1. The normalized spacial score (nSPS) is 10.9. The molecule has 0 heterocycles. The number of anilines is 1. The van der Waals surface area contributed by atoms with E-state index in [1.165, 1.54) is 96.3 Å². The molecule has 0 aliphatic carbocycles. The van der Waals surface area contributed by atoms with E-state index in [9.17, 15) is 4.79 Å². The van der Waals surface area contributed by atoms with E-state index in [2.05, 4.69) is 26.1 Å². The number of benzene rings is 1. The minimum Gasteiger partial charge on any atom is -0.489 e. The summed E-state index contributed by atoms with van der Waals surface area (Å²) in [4.78, 5) is 11.1. The molecule has 208 valence electrons. The molecule has 0 unspecified atom stereocenters. The molecule has 0 aromatic heterocycles.